The van der Waals surface area contributed by atoms with E-state index in [4.69, 9.17) is 0 Å². The summed E-state index contributed by atoms with van der Waals surface area (Å²) in [5, 5.41) is 13.1. The molecule has 1 aliphatic carbocycles. The van der Waals surface area contributed by atoms with Crippen molar-refractivity contribution in [3.05, 3.63) is 22.2 Å². The molecular weight excluding hydrogens is 230 g/mol. The summed E-state index contributed by atoms with van der Waals surface area (Å²) >= 11 is 0. The van der Waals surface area contributed by atoms with E-state index < -0.39 is 0 Å². The van der Waals surface area contributed by atoms with Gasteiger partial charge in [0.2, 0.25) is 0 Å². The third kappa shape index (κ3) is 3.10. The van der Waals surface area contributed by atoms with Crippen LogP contribution in [0.15, 0.2) is 10.9 Å². The minimum atomic E-state index is -0.345. The van der Waals surface area contributed by atoms with Crippen molar-refractivity contribution in [2.24, 2.45) is 0 Å². The number of hydrogen-bond donors (Lipinski definition) is 3. The molecule has 2 atom stereocenters. The standard InChI is InChI=1S/C13H21N3O2/c1-8(2)13-15-11(7-12(18)16-13)14-9-5-3-4-6-10(9)17/h7-10,17H,3-6H2,1-2H3,(H2,14,15,16,18). The van der Waals surface area contributed by atoms with Crippen molar-refractivity contribution in [3.63, 3.8) is 0 Å². The first-order chi connectivity index (χ1) is 8.56. The van der Waals surface area contributed by atoms with Crippen LogP contribution in [0.5, 0.6) is 0 Å². The number of nitrogens with one attached hydrogen (secondary N) is 2. The molecule has 5 nitrogen and oxygen atoms in total. The summed E-state index contributed by atoms with van der Waals surface area (Å²) in [4.78, 5) is 18.7. The average Bonchev–Trinajstić information content (AvgIpc) is 2.31. The Morgan fingerprint density at radius 3 is 2.83 bits per heavy atom. The second-order valence-corrected chi connectivity index (χ2v) is 5.27. The van der Waals surface area contributed by atoms with E-state index in [1.807, 2.05) is 13.8 Å². The largest absolute Gasteiger partial charge is 0.391 e. The lowest BCUT2D eigenvalue weighted by Crippen LogP contribution is -2.37. The van der Waals surface area contributed by atoms with Crippen LogP contribution in [0.2, 0.25) is 0 Å². The molecule has 1 fully saturated rings. The number of nitrogens with zero attached hydrogens (tertiary/aromatic N) is 1. The quantitative estimate of drug-likeness (QED) is 0.762. The van der Waals surface area contributed by atoms with E-state index in [1.54, 1.807) is 0 Å². The summed E-state index contributed by atoms with van der Waals surface area (Å²) in [5.74, 6) is 1.42. The minimum Gasteiger partial charge on any atom is -0.391 e. The Bertz CT molecular complexity index is 456. The van der Waals surface area contributed by atoms with E-state index >= 15 is 0 Å². The Labute approximate surface area is 107 Å². The molecule has 1 aromatic rings. The molecule has 100 valence electrons. The number of anilines is 1. The predicted octanol–water partition coefficient (Wildman–Crippen LogP) is 1.61. The van der Waals surface area contributed by atoms with Gasteiger partial charge in [0, 0.05) is 12.0 Å². The first-order valence-electron chi connectivity index (χ1n) is 6.62. The van der Waals surface area contributed by atoms with Crippen molar-refractivity contribution >= 4 is 5.82 Å². The molecule has 5 heteroatoms. The zero-order chi connectivity index (χ0) is 13.1. The van der Waals surface area contributed by atoms with Gasteiger partial charge in [0.1, 0.15) is 11.6 Å². The third-order valence-electron chi connectivity index (χ3n) is 3.37. The van der Waals surface area contributed by atoms with E-state index in [2.05, 4.69) is 15.3 Å². The van der Waals surface area contributed by atoms with Crippen molar-refractivity contribution in [2.75, 3.05) is 5.32 Å². The average molecular weight is 251 g/mol. The van der Waals surface area contributed by atoms with E-state index in [0.717, 1.165) is 25.7 Å². The van der Waals surface area contributed by atoms with Crippen LogP contribution >= 0.6 is 0 Å². The molecule has 2 unspecified atom stereocenters. The summed E-state index contributed by atoms with van der Waals surface area (Å²) in [6, 6.07) is 1.46. The van der Waals surface area contributed by atoms with Crippen molar-refractivity contribution in [1.29, 1.82) is 0 Å². The summed E-state index contributed by atoms with van der Waals surface area (Å²) < 4.78 is 0. The van der Waals surface area contributed by atoms with Gasteiger partial charge in [0.05, 0.1) is 12.1 Å². The van der Waals surface area contributed by atoms with Crippen molar-refractivity contribution < 1.29 is 5.11 Å². The van der Waals surface area contributed by atoms with Crippen LogP contribution in [-0.4, -0.2) is 27.2 Å². The monoisotopic (exact) mass is 251 g/mol. The predicted molar refractivity (Wildman–Crippen MR) is 70.8 cm³/mol. The van der Waals surface area contributed by atoms with Gasteiger partial charge in [-0.25, -0.2) is 4.98 Å². The van der Waals surface area contributed by atoms with Gasteiger partial charge in [-0.2, -0.15) is 0 Å². The smallest absolute Gasteiger partial charge is 0.252 e. The van der Waals surface area contributed by atoms with Crippen LogP contribution in [0.4, 0.5) is 5.82 Å². The molecule has 0 bridgehead atoms. The highest BCUT2D eigenvalue weighted by molar-refractivity contribution is 5.35. The van der Waals surface area contributed by atoms with Crippen molar-refractivity contribution in [1.82, 2.24) is 9.97 Å². The molecule has 18 heavy (non-hydrogen) atoms. The maximum atomic E-state index is 11.5. The maximum absolute atomic E-state index is 11.5. The van der Waals surface area contributed by atoms with Gasteiger partial charge in [-0.3, -0.25) is 4.79 Å². The zero-order valence-corrected chi connectivity index (χ0v) is 10.9. The minimum absolute atomic E-state index is 0.00747. The molecule has 1 saturated carbocycles. The van der Waals surface area contributed by atoms with Gasteiger partial charge in [0.15, 0.2) is 0 Å². The maximum Gasteiger partial charge on any atom is 0.252 e. The summed E-state index contributed by atoms with van der Waals surface area (Å²) in [5.41, 5.74) is -0.151. The van der Waals surface area contributed by atoms with E-state index in [1.165, 1.54) is 6.07 Å². The van der Waals surface area contributed by atoms with E-state index in [-0.39, 0.29) is 23.6 Å². The fourth-order valence-corrected chi connectivity index (χ4v) is 2.29. The number of hydrogen-bond acceptors (Lipinski definition) is 4. The number of aliphatic hydroxyl groups is 1. The van der Waals surface area contributed by atoms with Crippen molar-refractivity contribution in [3.8, 4) is 0 Å². The number of aromatic amines is 1. The van der Waals surface area contributed by atoms with Crippen LogP contribution in [0.1, 0.15) is 51.3 Å². The van der Waals surface area contributed by atoms with Gasteiger partial charge < -0.3 is 15.4 Å². The number of rotatable bonds is 3. The Hall–Kier alpha value is -1.36. The number of aliphatic hydroxyl groups excluding tert-OH is 1. The van der Waals surface area contributed by atoms with Crippen LogP contribution in [0.3, 0.4) is 0 Å². The Morgan fingerprint density at radius 1 is 1.44 bits per heavy atom. The molecule has 3 N–H and O–H groups in total. The first kappa shape index (κ1) is 13.1. The molecule has 1 aliphatic rings. The van der Waals surface area contributed by atoms with Gasteiger partial charge >= 0.3 is 0 Å². The summed E-state index contributed by atoms with van der Waals surface area (Å²) in [6.07, 6.45) is 3.57. The highest BCUT2D eigenvalue weighted by Crippen LogP contribution is 2.21. The Kier molecular flexibility index (Phi) is 4.01. The molecule has 0 aromatic carbocycles. The molecule has 0 spiro atoms. The molecule has 2 rings (SSSR count). The molecule has 0 amide bonds. The number of aromatic nitrogens is 2. The molecule has 1 heterocycles. The SMILES string of the molecule is CC(C)c1nc(NC2CCCCC2O)cc(=O)[nH]1. The lowest BCUT2D eigenvalue weighted by atomic mass is 9.92. The van der Waals surface area contributed by atoms with Gasteiger partial charge in [-0.05, 0) is 12.8 Å². The first-order valence-corrected chi connectivity index (χ1v) is 6.62. The third-order valence-corrected chi connectivity index (χ3v) is 3.37. The highest BCUT2D eigenvalue weighted by atomic mass is 16.3. The summed E-state index contributed by atoms with van der Waals surface area (Å²) in [7, 11) is 0. The van der Waals surface area contributed by atoms with Gasteiger partial charge in [-0.1, -0.05) is 26.7 Å². The van der Waals surface area contributed by atoms with Gasteiger partial charge in [-0.15, -0.1) is 0 Å². The normalized spacial score (nSPS) is 24.2. The van der Waals surface area contributed by atoms with Crippen LogP contribution in [0, 0.1) is 0 Å². The van der Waals surface area contributed by atoms with E-state index in [9.17, 15) is 9.90 Å². The van der Waals surface area contributed by atoms with Crippen LogP contribution in [0.25, 0.3) is 0 Å². The van der Waals surface area contributed by atoms with E-state index in [0.29, 0.717) is 11.6 Å². The van der Waals surface area contributed by atoms with Crippen molar-refractivity contribution in [2.45, 2.75) is 57.6 Å². The molecule has 0 aliphatic heterocycles. The lowest BCUT2D eigenvalue weighted by Gasteiger charge is -2.28. The fraction of sp³-hybridized carbons (Fsp3) is 0.692. The Morgan fingerprint density at radius 2 is 2.17 bits per heavy atom. The number of H-pyrrole nitrogens is 1. The zero-order valence-electron chi connectivity index (χ0n) is 10.9. The second-order valence-electron chi connectivity index (χ2n) is 5.27. The lowest BCUT2D eigenvalue weighted by molar-refractivity contribution is 0.116. The summed E-state index contributed by atoms with van der Waals surface area (Å²) in [6.45, 7) is 3.97. The van der Waals surface area contributed by atoms with Gasteiger partial charge in [0.25, 0.3) is 5.56 Å². The molecule has 1 aromatic heterocycles. The second kappa shape index (κ2) is 5.52. The topological polar surface area (TPSA) is 78.0 Å². The van der Waals surface area contributed by atoms with Crippen LogP contribution in [-0.2, 0) is 0 Å². The molecule has 0 saturated heterocycles. The molecule has 0 radical (unpaired) electrons. The van der Waals surface area contributed by atoms with Crippen LogP contribution < -0.4 is 10.9 Å². The fourth-order valence-electron chi connectivity index (χ4n) is 2.29. The highest BCUT2D eigenvalue weighted by Gasteiger charge is 2.23. The Balaban J connectivity index is 2.15. The molecular formula is C13H21N3O2.